The molecule has 0 unspecified atom stereocenters. The van der Waals surface area contributed by atoms with Crippen molar-refractivity contribution >= 4 is 5.91 Å². The molecule has 4 heteroatoms. The van der Waals surface area contributed by atoms with Crippen molar-refractivity contribution in [3.63, 3.8) is 0 Å². The van der Waals surface area contributed by atoms with Crippen LogP contribution in [0.15, 0.2) is 54.6 Å². The summed E-state index contributed by atoms with van der Waals surface area (Å²) in [6.07, 6.45) is 6.30. The lowest BCUT2D eigenvalue weighted by atomic mass is 9.89. The van der Waals surface area contributed by atoms with Crippen molar-refractivity contribution < 1.29 is 9.18 Å². The number of halogens is 1. The van der Waals surface area contributed by atoms with Crippen molar-refractivity contribution in [2.75, 3.05) is 19.6 Å². The molecule has 0 saturated carbocycles. The third kappa shape index (κ3) is 5.45. The molecule has 0 radical (unpaired) electrons. The summed E-state index contributed by atoms with van der Waals surface area (Å²) in [5, 5.41) is 0. The Kier molecular flexibility index (Phi) is 6.60. The van der Waals surface area contributed by atoms with Gasteiger partial charge in [-0.3, -0.25) is 4.79 Å². The third-order valence-electron chi connectivity index (χ3n) is 6.60. The number of hydrogen-bond acceptors (Lipinski definition) is 2. The van der Waals surface area contributed by atoms with Gasteiger partial charge in [-0.1, -0.05) is 42.5 Å². The smallest absolute Gasteiger partial charge is 0.222 e. The Morgan fingerprint density at radius 3 is 2.28 bits per heavy atom. The molecular formula is C25H31FN2O. The van der Waals surface area contributed by atoms with Crippen LogP contribution in [0.4, 0.5) is 4.39 Å². The average molecular weight is 395 g/mol. The molecule has 2 aromatic carbocycles. The fourth-order valence-corrected chi connectivity index (χ4v) is 4.83. The van der Waals surface area contributed by atoms with E-state index >= 15 is 0 Å². The monoisotopic (exact) mass is 394 g/mol. The molecule has 0 bridgehead atoms. The molecule has 2 aliphatic heterocycles. The van der Waals surface area contributed by atoms with Gasteiger partial charge in [-0.15, -0.1) is 0 Å². The normalized spacial score (nSPS) is 21.9. The van der Waals surface area contributed by atoms with Gasteiger partial charge in [0.2, 0.25) is 5.91 Å². The second-order valence-corrected chi connectivity index (χ2v) is 8.59. The van der Waals surface area contributed by atoms with Gasteiger partial charge in [0.25, 0.3) is 0 Å². The second kappa shape index (κ2) is 9.53. The zero-order valence-electron chi connectivity index (χ0n) is 17.1. The summed E-state index contributed by atoms with van der Waals surface area (Å²) in [4.78, 5) is 17.2. The summed E-state index contributed by atoms with van der Waals surface area (Å²) in [6, 6.07) is 17.8. The Balaban J connectivity index is 1.27. The van der Waals surface area contributed by atoms with Crippen LogP contribution < -0.4 is 0 Å². The van der Waals surface area contributed by atoms with Gasteiger partial charge in [-0.05, 0) is 74.4 Å². The molecule has 0 aliphatic carbocycles. The first-order chi connectivity index (χ1) is 14.2. The molecular weight excluding hydrogens is 363 g/mol. The van der Waals surface area contributed by atoms with Crippen molar-refractivity contribution in [1.29, 1.82) is 0 Å². The van der Waals surface area contributed by atoms with Crippen LogP contribution in [0, 0.1) is 11.7 Å². The molecule has 29 heavy (non-hydrogen) atoms. The number of carbonyl (C=O) groups excluding carboxylic acids is 1. The number of nitrogens with zero attached hydrogens (tertiary/aromatic N) is 2. The predicted molar refractivity (Wildman–Crippen MR) is 114 cm³/mol. The molecule has 2 heterocycles. The van der Waals surface area contributed by atoms with E-state index in [-0.39, 0.29) is 11.7 Å². The third-order valence-corrected chi connectivity index (χ3v) is 6.60. The first-order valence-electron chi connectivity index (χ1n) is 11.0. The molecule has 0 aromatic heterocycles. The second-order valence-electron chi connectivity index (χ2n) is 8.59. The highest BCUT2D eigenvalue weighted by Crippen LogP contribution is 2.27. The highest BCUT2D eigenvalue weighted by Gasteiger charge is 2.29. The molecule has 3 nitrogen and oxygen atoms in total. The van der Waals surface area contributed by atoms with E-state index < -0.39 is 0 Å². The lowest BCUT2D eigenvalue weighted by Crippen LogP contribution is -2.42. The maximum atomic E-state index is 13.1. The standard InChI is InChI=1S/C25H31FN2O/c26-23-8-6-22(7-9-23)19-28-17-14-24(10-11-25(28)29)27-15-12-21(13-16-27)18-20-4-2-1-3-5-20/h1-9,21,24H,10-19H2/t24-/m0/s1. The van der Waals surface area contributed by atoms with E-state index in [0.29, 0.717) is 19.0 Å². The molecule has 2 aromatic rings. The fourth-order valence-electron chi connectivity index (χ4n) is 4.83. The van der Waals surface area contributed by atoms with Crippen molar-refractivity contribution in [2.45, 2.75) is 51.1 Å². The summed E-state index contributed by atoms with van der Waals surface area (Å²) in [5.41, 5.74) is 2.45. The molecule has 154 valence electrons. The topological polar surface area (TPSA) is 23.6 Å². The fraction of sp³-hybridized carbons (Fsp3) is 0.480. The van der Waals surface area contributed by atoms with E-state index in [1.165, 1.54) is 37.0 Å². The highest BCUT2D eigenvalue weighted by molar-refractivity contribution is 5.76. The predicted octanol–water partition coefficient (Wildman–Crippen LogP) is 4.66. The zero-order valence-corrected chi connectivity index (χ0v) is 17.1. The van der Waals surface area contributed by atoms with Crippen LogP contribution in [-0.4, -0.2) is 41.4 Å². The van der Waals surface area contributed by atoms with E-state index in [0.717, 1.165) is 44.0 Å². The number of hydrogen-bond donors (Lipinski definition) is 0. The van der Waals surface area contributed by atoms with Gasteiger partial charge in [0.1, 0.15) is 5.82 Å². The Morgan fingerprint density at radius 2 is 1.55 bits per heavy atom. The Labute approximate surface area is 173 Å². The van der Waals surface area contributed by atoms with Crippen LogP contribution in [0.2, 0.25) is 0 Å². The number of rotatable bonds is 5. The van der Waals surface area contributed by atoms with Gasteiger partial charge in [0, 0.05) is 25.6 Å². The lowest BCUT2D eigenvalue weighted by molar-refractivity contribution is -0.131. The largest absolute Gasteiger partial charge is 0.338 e. The maximum Gasteiger partial charge on any atom is 0.222 e. The average Bonchev–Trinajstić information content (AvgIpc) is 2.93. The van der Waals surface area contributed by atoms with Gasteiger partial charge in [0.15, 0.2) is 0 Å². The summed E-state index contributed by atoms with van der Waals surface area (Å²) < 4.78 is 13.1. The van der Waals surface area contributed by atoms with Crippen LogP contribution in [0.25, 0.3) is 0 Å². The summed E-state index contributed by atoms with van der Waals surface area (Å²) in [5.74, 6) is 0.776. The van der Waals surface area contributed by atoms with Crippen LogP contribution in [0.5, 0.6) is 0 Å². The number of benzene rings is 2. The molecule has 0 spiro atoms. The molecule has 1 amide bonds. The SMILES string of the molecule is O=C1CC[C@H](N2CCC(Cc3ccccc3)CC2)CCN1Cc1ccc(F)cc1. The molecule has 4 rings (SSSR count). The lowest BCUT2D eigenvalue weighted by Gasteiger charge is -2.37. The van der Waals surface area contributed by atoms with Crippen molar-refractivity contribution in [2.24, 2.45) is 5.92 Å². The number of likely N-dealkylation sites (tertiary alicyclic amines) is 2. The summed E-state index contributed by atoms with van der Waals surface area (Å²) in [6.45, 7) is 3.68. The summed E-state index contributed by atoms with van der Waals surface area (Å²) in [7, 11) is 0. The van der Waals surface area contributed by atoms with Gasteiger partial charge in [-0.25, -0.2) is 4.39 Å². The molecule has 2 saturated heterocycles. The quantitative estimate of drug-likeness (QED) is 0.736. The van der Waals surface area contributed by atoms with Gasteiger partial charge in [-0.2, -0.15) is 0 Å². The van der Waals surface area contributed by atoms with Crippen LogP contribution in [0.3, 0.4) is 0 Å². The van der Waals surface area contributed by atoms with Crippen molar-refractivity contribution in [3.05, 3.63) is 71.5 Å². The van der Waals surface area contributed by atoms with Crippen molar-refractivity contribution in [3.8, 4) is 0 Å². The zero-order chi connectivity index (χ0) is 20.1. The Bertz CT molecular complexity index is 784. The van der Waals surface area contributed by atoms with E-state index in [2.05, 4.69) is 35.2 Å². The van der Waals surface area contributed by atoms with Gasteiger partial charge in [0.05, 0.1) is 0 Å². The van der Waals surface area contributed by atoms with E-state index in [9.17, 15) is 9.18 Å². The van der Waals surface area contributed by atoms with E-state index in [1.807, 2.05) is 4.90 Å². The van der Waals surface area contributed by atoms with Crippen LogP contribution in [0.1, 0.15) is 43.2 Å². The van der Waals surface area contributed by atoms with Crippen molar-refractivity contribution in [1.82, 2.24) is 9.80 Å². The number of carbonyl (C=O) groups is 1. The first kappa shape index (κ1) is 20.1. The highest BCUT2D eigenvalue weighted by atomic mass is 19.1. The minimum Gasteiger partial charge on any atom is -0.338 e. The van der Waals surface area contributed by atoms with E-state index in [1.54, 1.807) is 12.1 Å². The van der Waals surface area contributed by atoms with E-state index in [4.69, 9.17) is 0 Å². The molecule has 2 fully saturated rings. The Morgan fingerprint density at radius 1 is 0.828 bits per heavy atom. The van der Waals surface area contributed by atoms with Crippen LogP contribution in [-0.2, 0) is 17.8 Å². The first-order valence-corrected chi connectivity index (χ1v) is 11.0. The molecule has 2 aliphatic rings. The van der Waals surface area contributed by atoms with Crippen LogP contribution >= 0.6 is 0 Å². The van der Waals surface area contributed by atoms with Gasteiger partial charge >= 0.3 is 0 Å². The molecule has 1 atom stereocenters. The van der Waals surface area contributed by atoms with Gasteiger partial charge < -0.3 is 9.80 Å². The number of amides is 1. The molecule has 0 N–H and O–H groups in total. The Hall–Kier alpha value is -2.20. The minimum absolute atomic E-state index is 0.230. The maximum absolute atomic E-state index is 13.1. The summed E-state index contributed by atoms with van der Waals surface area (Å²) >= 11 is 0. The minimum atomic E-state index is -0.230. The number of piperidine rings is 1.